The van der Waals surface area contributed by atoms with Crippen molar-refractivity contribution < 1.29 is 19.1 Å². The van der Waals surface area contributed by atoms with Gasteiger partial charge >= 0.3 is 6.03 Å². The molecule has 4 N–H and O–H groups in total. The summed E-state index contributed by atoms with van der Waals surface area (Å²) in [5, 5.41) is 10.8. The SMILES string of the molecule is C=C(/C=C\CC1=C(CP)C(=O)N(C)C1)OC.CCNCCNC.Cc1cccc(-c2ccc(C#CC3NC(=O)NC3=O)cc2)n1. The highest BCUT2D eigenvalue weighted by atomic mass is 31.0. The number of pyridine rings is 1. The number of hydrogen-bond acceptors (Lipinski definition) is 7. The molecule has 240 valence electrons. The first kappa shape index (κ1) is 36.9. The van der Waals surface area contributed by atoms with Crippen molar-refractivity contribution in [2.45, 2.75) is 26.3 Å². The van der Waals surface area contributed by atoms with Crippen molar-refractivity contribution in [3.05, 3.63) is 89.4 Å². The fraction of sp³-hybridized carbons (Fsp3) is 0.353. The van der Waals surface area contributed by atoms with Crippen LogP contribution in [0, 0.1) is 18.8 Å². The van der Waals surface area contributed by atoms with Crippen LogP contribution in [0.4, 0.5) is 4.79 Å². The first-order valence-corrected chi connectivity index (χ1v) is 15.5. The quantitative estimate of drug-likeness (QED) is 0.0793. The van der Waals surface area contributed by atoms with Gasteiger partial charge in [0, 0.05) is 49.1 Å². The zero-order valence-corrected chi connectivity index (χ0v) is 28.0. The number of amides is 4. The molecule has 2 aliphatic rings. The standard InChI is InChI=1S/C17H13N3O2.C12H18NO2P.C5H14N2/c1-11-3-2-4-14(18-11)13-8-5-12(6-9-13)7-10-15-16(21)20-17(22)19-15;1-9(15-3)5-4-6-10-7-13(2)12(14)11(10)8-16;1-3-7-5-4-6-2/h2-6,8-9,15H,1H3,(H2,19,20,21,22);4-5H,1,6-8,16H2,2-3H3;6-7H,3-5H2,1-2H3/b;5-4-;. The van der Waals surface area contributed by atoms with E-state index >= 15 is 0 Å². The summed E-state index contributed by atoms with van der Waals surface area (Å²) in [6, 6.07) is 12.2. The van der Waals surface area contributed by atoms with E-state index < -0.39 is 18.0 Å². The van der Waals surface area contributed by atoms with Crippen molar-refractivity contribution >= 4 is 27.1 Å². The number of urea groups is 1. The topological polar surface area (TPSA) is 125 Å². The average molecular weight is 633 g/mol. The third-order valence-corrected chi connectivity index (χ3v) is 7.01. The number of nitrogens with zero attached hydrogens (tertiary/aromatic N) is 2. The van der Waals surface area contributed by atoms with Gasteiger partial charge in [0.1, 0.15) is 5.76 Å². The Labute approximate surface area is 269 Å². The number of likely N-dealkylation sites (N-methyl/N-ethyl adjacent to an activating group) is 3. The van der Waals surface area contributed by atoms with Crippen molar-refractivity contribution in [1.29, 1.82) is 0 Å². The molecule has 2 aliphatic heterocycles. The average Bonchev–Trinajstić information content (AvgIpc) is 3.51. The molecule has 4 rings (SSSR count). The molecule has 4 amide bonds. The number of benzene rings is 1. The van der Waals surface area contributed by atoms with Gasteiger partial charge < -0.3 is 25.6 Å². The van der Waals surface area contributed by atoms with E-state index in [0.717, 1.165) is 66.8 Å². The third-order valence-electron chi connectivity index (χ3n) is 6.60. The lowest BCUT2D eigenvalue weighted by molar-refractivity contribution is -0.124. The van der Waals surface area contributed by atoms with Crippen LogP contribution in [0.25, 0.3) is 11.3 Å². The summed E-state index contributed by atoms with van der Waals surface area (Å²) in [6.45, 7) is 11.7. The van der Waals surface area contributed by atoms with Crippen LogP contribution in [0.3, 0.4) is 0 Å². The molecule has 1 saturated heterocycles. The first-order valence-electron chi connectivity index (χ1n) is 14.7. The Hall–Kier alpha value is -4.29. The van der Waals surface area contributed by atoms with E-state index in [-0.39, 0.29) is 5.91 Å². The summed E-state index contributed by atoms with van der Waals surface area (Å²) < 4.78 is 4.93. The molecule has 1 fully saturated rings. The molecule has 45 heavy (non-hydrogen) atoms. The Kier molecular flexibility index (Phi) is 16.3. The molecular formula is C34H45N6O4P. The van der Waals surface area contributed by atoms with Gasteiger partial charge in [-0.25, -0.2) is 4.79 Å². The number of aromatic nitrogens is 1. The van der Waals surface area contributed by atoms with E-state index in [1.807, 2.05) is 75.6 Å². The number of allylic oxidation sites excluding steroid dienone is 2. The van der Waals surface area contributed by atoms with Crippen molar-refractivity contribution in [3.63, 3.8) is 0 Å². The maximum Gasteiger partial charge on any atom is 0.322 e. The molecule has 2 aromatic rings. The molecule has 0 radical (unpaired) electrons. The fourth-order valence-electron chi connectivity index (χ4n) is 4.15. The van der Waals surface area contributed by atoms with Crippen LogP contribution in [0.15, 0.2) is 78.1 Å². The smallest absolute Gasteiger partial charge is 0.322 e. The van der Waals surface area contributed by atoms with Crippen LogP contribution in [0.5, 0.6) is 0 Å². The molecule has 1 aromatic heterocycles. The lowest BCUT2D eigenvalue weighted by Gasteiger charge is -2.07. The number of ether oxygens (including phenoxy) is 1. The molecule has 0 bridgehead atoms. The Balaban J connectivity index is 0.000000269. The Bertz CT molecular complexity index is 1440. The van der Waals surface area contributed by atoms with Gasteiger partial charge in [-0.3, -0.25) is 19.9 Å². The van der Waals surface area contributed by atoms with Gasteiger partial charge in [0.2, 0.25) is 5.91 Å². The monoisotopic (exact) mass is 632 g/mol. The lowest BCUT2D eigenvalue weighted by Crippen LogP contribution is -2.26. The fourth-order valence-corrected chi connectivity index (χ4v) is 4.61. The van der Waals surface area contributed by atoms with E-state index in [2.05, 4.69) is 60.8 Å². The second-order valence-corrected chi connectivity index (χ2v) is 10.5. The zero-order valence-electron chi connectivity index (χ0n) is 26.8. The van der Waals surface area contributed by atoms with Crippen LogP contribution in [0.1, 0.15) is 24.6 Å². The number of rotatable bonds is 10. The summed E-state index contributed by atoms with van der Waals surface area (Å²) in [6.07, 6.45) is 5.31. The van der Waals surface area contributed by atoms with E-state index in [0.29, 0.717) is 5.76 Å². The number of aryl methyl sites for hydroxylation is 1. The summed E-state index contributed by atoms with van der Waals surface area (Å²) in [5.41, 5.74) is 5.74. The van der Waals surface area contributed by atoms with Crippen molar-refractivity contribution in [2.24, 2.45) is 0 Å². The minimum absolute atomic E-state index is 0.143. The van der Waals surface area contributed by atoms with Crippen molar-refractivity contribution in [2.75, 3.05) is 53.5 Å². The summed E-state index contributed by atoms with van der Waals surface area (Å²) in [4.78, 5) is 40.3. The lowest BCUT2D eigenvalue weighted by atomic mass is 10.1. The number of nitrogens with one attached hydrogen (secondary N) is 4. The molecule has 3 heterocycles. The van der Waals surface area contributed by atoms with Gasteiger partial charge in [0.05, 0.1) is 12.8 Å². The Morgan fingerprint density at radius 1 is 1.20 bits per heavy atom. The molecule has 0 spiro atoms. The number of methoxy groups -OCH3 is 1. The van der Waals surface area contributed by atoms with Crippen molar-refractivity contribution in [3.8, 4) is 23.1 Å². The second-order valence-electron chi connectivity index (χ2n) is 10.1. The van der Waals surface area contributed by atoms with Gasteiger partial charge in [0.15, 0.2) is 6.04 Å². The molecule has 2 atom stereocenters. The van der Waals surface area contributed by atoms with E-state index in [9.17, 15) is 14.4 Å². The van der Waals surface area contributed by atoms with Gasteiger partial charge in [-0.05, 0) is 69.0 Å². The van der Waals surface area contributed by atoms with Gasteiger partial charge in [-0.15, -0.1) is 9.24 Å². The molecule has 10 nitrogen and oxygen atoms in total. The van der Waals surface area contributed by atoms with Crippen LogP contribution in [-0.2, 0) is 14.3 Å². The van der Waals surface area contributed by atoms with Gasteiger partial charge in [-0.1, -0.05) is 49.6 Å². The summed E-state index contributed by atoms with van der Waals surface area (Å²) >= 11 is 0. The summed E-state index contributed by atoms with van der Waals surface area (Å²) in [5.74, 6) is 5.97. The van der Waals surface area contributed by atoms with E-state index in [1.54, 1.807) is 12.0 Å². The molecule has 0 saturated carbocycles. The molecule has 11 heteroatoms. The predicted octanol–water partition coefficient (Wildman–Crippen LogP) is 3.17. The second kappa shape index (κ2) is 19.9. The van der Waals surface area contributed by atoms with E-state index in [1.165, 1.54) is 5.57 Å². The van der Waals surface area contributed by atoms with Gasteiger partial charge in [-0.2, -0.15) is 0 Å². The number of carbonyl (C=O) groups is 3. The molecule has 2 unspecified atom stereocenters. The Morgan fingerprint density at radius 2 is 1.93 bits per heavy atom. The minimum Gasteiger partial charge on any atom is -0.497 e. The highest BCUT2D eigenvalue weighted by Crippen LogP contribution is 2.22. The molecule has 1 aromatic carbocycles. The highest BCUT2D eigenvalue weighted by Gasteiger charge is 2.27. The van der Waals surface area contributed by atoms with E-state index in [4.69, 9.17) is 4.74 Å². The maximum absolute atomic E-state index is 11.7. The Morgan fingerprint density at radius 3 is 2.51 bits per heavy atom. The van der Waals surface area contributed by atoms with Crippen LogP contribution >= 0.6 is 9.24 Å². The normalized spacial score (nSPS) is 15.4. The first-order chi connectivity index (χ1) is 21.6. The maximum atomic E-state index is 11.7. The number of hydrogen-bond donors (Lipinski definition) is 4. The largest absolute Gasteiger partial charge is 0.497 e. The molecular weight excluding hydrogens is 587 g/mol. The van der Waals surface area contributed by atoms with Crippen LogP contribution < -0.4 is 21.3 Å². The van der Waals surface area contributed by atoms with Crippen LogP contribution in [-0.4, -0.2) is 87.3 Å². The number of carbonyl (C=O) groups excluding carboxylic acids is 3. The predicted molar refractivity (Wildman–Crippen MR) is 183 cm³/mol. The summed E-state index contributed by atoms with van der Waals surface area (Å²) in [7, 11) is 7.98. The third kappa shape index (κ3) is 12.7. The van der Waals surface area contributed by atoms with Crippen molar-refractivity contribution in [1.82, 2.24) is 31.2 Å². The van der Waals surface area contributed by atoms with Gasteiger partial charge in [0.25, 0.3) is 5.91 Å². The van der Waals surface area contributed by atoms with Crippen LogP contribution in [0.2, 0.25) is 0 Å². The zero-order chi connectivity index (χ0) is 33.2. The number of imide groups is 1. The highest BCUT2D eigenvalue weighted by molar-refractivity contribution is 7.17. The minimum atomic E-state index is -0.786. The molecule has 0 aliphatic carbocycles.